The molecule has 192 valence electrons. The number of likely N-dealkylation sites (N-methyl/N-ethyl adjacent to an activating group) is 1. The van der Waals surface area contributed by atoms with Crippen molar-refractivity contribution in [2.75, 3.05) is 59.6 Å². The van der Waals surface area contributed by atoms with E-state index in [-0.39, 0.29) is 35.8 Å². The fraction of sp³-hybridized carbons (Fsp3) is 0.640. The van der Waals surface area contributed by atoms with Crippen LogP contribution in [0, 0.1) is 17.8 Å². The molecule has 2 aliphatic heterocycles. The minimum absolute atomic E-state index is 0.0154. The largest absolute Gasteiger partial charge is 0.472 e. The van der Waals surface area contributed by atoms with Crippen LogP contribution >= 0.6 is 0 Å². The normalized spacial score (nSPS) is 22.6. The smallest absolute Gasteiger partial charge is 0.259 e. The molecule has 0 aromatic carbocycles. The molecule has 1 saturated heterocycles. The Morgan fingerprint density at radius 2 is 2.06 bits per heavy atom. The van der Waals surface area contributed by atoms with Crippen molar-refractivity contribution in [1.29, 1.82) is 0 Å². The summed E-state index contributed by atoms with van der Waals surface area (Å²) < 4.78 is 11.6. The molecule has 0 spiro atoms. The van der Waals surface area contributed by atoms with Crippen molar-refractivity contribution in [3.05, 3.63) is 23.4 Å². The summed E-state index contributed by atoms with van der Waals surface area (Å²) in [6.45, 7) is 8.79. The van der Waals surface area contributed by atoms with Crippen molar-refractivity contribution in [1.82, 2.24) is 19.7 Å². The molecular weight excluding hydrogens is 452 g/mol. The minimum atomic E-state index is -0.814. The van der Waals surface area contributed by atoms with Gasteiger partial charge in [0.15, 0.2) is 0 Å². The van der Waals surface area contributed by atoms with Gasteiger partial charge in [0.25, 0.3) is 5.91 Å². The lowest BCUT2D eigenvalue weighted by atomic mass is 10.00. The number of carbonyl (C=O) groups is 2. The molecule has 1 aromatic rings. The second-order valence-corrected chi connectivity index (χ2v) is 9.31. The van der Waals surface area contributed by atoms with Crippen molar-refractivity contribution < 1.29 is 29.3 Å². The van der Waals surface area contributed by atoms with E-state index in [1.807, 2.05) is 6.92 Å². The van der Waals surface area contributed by atoms with Crippen molar-refractivity contribution in [3.63, 3.8) is 0 Å². The average molecular weight is 489 g/mol. The summed E-state index contributed by atoms with van der Waals surface area (Å²) in [6, 6.07) is 1.18. The van der Waals surface area contributed by atoms with Gasteiger partial charge in [0.05, 0.1) is 39.0 Å². The van der Waals surface area contributed by atoms with Gasteiger partial charge in [-0.05, 0) is 19.9 Å². The first-order chi connectivity index (χ1) is 16.7. The number of nitrogens with zero attached hydrogens (tertiary/aromatic N) is 4. The Morgan fingerprint density at radius 3 is 2.71 bits per heavy atom. The van der Waals surface area contributed by atoms with E-state index in [0.717, 1.165) is 13.1 Å². The fourth-order valence-corrected chi connectivity index (χ4v) is 4.02. The summed E-state index contributed by atoms with van der Waals surface area (Å²) in [4.78, 5) is 36.0. The fourth-order valence-electron chi connectivity index (χ4n) is 4.02. The zero-order valence-corrected chi connectivity index (χ0v) is 20.9. The molecular formula is C25H36N4O6. The van der Waals surface area contributed by atoms with Crippen LogP contribution in [0.15, 0.2) is 12.3 Å². The maximum atomic E-state index is 13.4. The third-order valence-corrected chi connectivity index (χ3v) is 6.29. The van der Waals surface area contributed by atoms with E-state index in [2.05, 4.69) is 21.7 Å². The molecule has 4 atom stereocenters. The molecule has 1 fully saturated rings. The van der Waals surface area contributed by atoms with E-state index in [4.69, 9.17) is 9.47 Å². The Kier molecular flexibility index (Phi) is 9.46. The van der Waals surface area contributed by atoms with Crippen LogP contribution in [0.5, 0.6) is 5.88 Å². The zero-order chi connectivity index (χ0) is 25.5. The lowest BCUT2D eigenvalue weighted by Crippen LogP contribution is -2.51. The van der Waals surface area contributed by atoms with Gasteiger partial charge in [-0.25, -0.2) is 4.98 Å². The summed E-state index contributed by atoms with van der Waals surface area (Å²) in [5.41, 5.74) is 0.711. The van der Waals surface area contributed by atoms with Crippen LogP contribution in [0.1, 0.15) is 36.7 Å². The molecule has 0 bridgehead atoms. The van der Waals surface area contributed by atoms with Crippen LogP contribution in [0.25, 0.3) is 0 Å². The quantitative estimate of drug-likeness (QED) is 0.530. The van der Waals surface area contributed by atoms with E-state index in [1.54, 1.807) is 36.8 Å². The summed E-state index contributed by atoms with van der Waals surface area (Å²) in [6.07, 6.45) is 0.263. The first kappa shape index (κ1) is 26.9. The van der Waals surface area contributed by atoms with Gasteiger partial charge in [-0.15, -0.1) is 0 Å². The first-order valence-corrected chi connectivity index (χ1v) is 12.0. The molecule has 2 N–H and O–H groups in total. The number of hydrogen-bond donors (Lipinski definition) is 2. The number of morpholine rings is 1. The standard InChI is InChI=1S/C25H36N4O6/c1-17-13-29(18(2)16-30)25(33)21-11-20(6-5-19(3)31)12-26-24(21)35-22(17)14-27(4)23(32)15-28-7-9-34-10-8-28/h11-12,17-19,22,30-31H,7-10,13-16H2,1-4H3/t17-,18+,19+,22+/m0/s1. The number of amides is 2. The van der Waals surface area contributed by atoms with E-state index < -0.39 is 18.2 Å². The predicted molar refractivity (Wildman–Crippen MR) is 129 cm³/mol. The van der Waals surface area contributed by atoms with Gasteiger partial charge in [0, 0.05) is 44.4 Å². The highest BCUT2D eigenvalue weighted by Crippen LogP contribution is 2.27. The molecule has 2 amide bonds. The zero-order valence-electron chi connectivity index (χ0n) is 20.9. The van der Waals surface area contributed by atoms with Gasteiger partial charge in [-0.1, -0.05) is 18.8 Å². The highest BCUT2D eigenvalue weighted by atomic mass is 16.5. The predicted octanol–water partition coefficient (Wildman–Crippen LogP) is -0.175. The van der Waals surface area contributed by atoms with Gasteiger partial charge < -0.3 is 29.5 Å². The topological polar surface area (TPSA) is 116 Å². The maximum absolute atomic E-state index is 13.4. The highest BCUT2D eigenvalue weighted by Gasteiger charge is 2.34. The molecule has 0 aliphatic carbocycles. The molecule has 0 radical (unpaired) electrons. The molecule has 2 aliphatic rings. The Bertz CT molecular complexity index is 953. The van der Waals surface area contributed by atoms with Gasteiger partial charge in [-0.3, -0.25) is 14.5 Å². The van der Waals surface area contributed by atoms with E-state index >= 15 is 0 Å². The number of carbonyl (C=O) groups excluding carboxylic acids is 2. The summed E-state index contributed by atoms with van der Waals surface area (Å²) in [7, 11) is 1.75. The molecule has 0 unspecified atom stereocenters. The Hall–Kier alpha value is -2.71. The number of aliphatic hydroxyl groups is 2. The number of aliphatic hydroxyl groups excluding tert-OH is 2. The molecule has 1 aromatic heterocycles. The third-order valence-electron chi connectivity index (χ3n) is 6.29. The SMILES string of the molecule is C[C@H](CO)N1C[C@H](C)[C@@H](CN(C)C(=O)CN2CCOCC2)Oc2ncc(C#C[C@@H](C)O)cc2C1=O. The summed E-state index contributed by atoms with van der Waals surface area (Å²) >= 11 is 0. The minimum Gasteiger partial charge on any atom is -0.472 e. The number of ether oxygens (including phenoxy) is 2. The van der Waals surface area contributed by atoms with Crippen LogP contribution < -0.4 is 4.74 Å². The van der Waals surface area contributed by atoms with Crippen LogP contribution in [0.2, 0.25) is 0 Å². The Morgan fingerprint density at radius 1 is 1.34 bits per heavy atom. The molecule has 10 nitrogen and oxygen atoms in total. The monoisotopic (exact) mass is 488 g/mol. The Labute approximate surface area is 206 Å². The Balaban J connectivity index is 1.85. The second kappa shape index (κ2) is 12.3. The van der Waals surface area contributed by atoms with E-state index in [9.17, 15) is 19.8 Å². The average Bonchev–Trinajstić information content (AvgIpc) is 2.84. The van der Waals surface area contributed by atoms with E-state index in [1.165, 1.54) is 6.20 Å². The van der Waals surface area contributed by atoms with Gasteiger partial charge in [0.2, 0.25) is 11.8 Å². The highest BCUT2D eigenvalue weighted by molar-refractivity contribution is 5.97. The number of hydrogen-bond acceptors (Lipinski definition) is 8. The molecule has 3 rings (SSSR count). The first-order valence-electron chi connectivity index (χ1n) is 12.0. The van der Waals surface area contributed by atoms with Crippen LogP contribution in [-0.2, 0) is 9.53 Å². The second-order valence-electron chi connectivity index (χ2n) is 9.31. The van der Waals surface area contributed by atoms with E-state index in [0.29, 0.717) is 38.4 Å². The van der Waals surface area contributed by atoms with Crippen molar-refractivity contribution in [3.8, 4) is 17.7 Å². The summed E-state index contributed by atoms with van der Waals surface area (Å²) in [5, 5.41) is 19.2. The number of fused-ring (bicyclic) bond motifs is 1. The van der Waals surface area contributed by atoms with Crippen molar-refractivity contribution in [2.24, 2.45) is 5.92 Å². The molecule has 0 saturated carbocycles. The molecule has 35 heavy (non-hydrogen) atoms. The van der Waals surface area contributed by atoms with Crippen molar-refractivity contribution in [2.45, 2.75) is 39.0 Å². The maximum Gasteiger partial charge on any atom is 0.259 e. The lowest BCUT2D eigenvalue weighted by molar-refractivity contribution is -0.133. The lowest BCUT2D eigenvalue weighted by Gasteiger charge is -2.38. The van der Waals surface area contributed by atoms with Gasteiger partial charge >= 0.3 is 0 Å². The third kappa shape index (κ3) is 7.15. The molecule has 10 heteroatoms. The van der Waals surface area contributed by atoms with Crippen molar-refractivity contribution >= 4 is 11.8 Å². The van der Waals surface area contributed by atoms with Gasteiger partial charge in [-0.2, -0.15) is 0 Å². The van der Waals surface area contributed by atoms with Crippen LogP contribution in [0.4, 0.5) is 0 Å². The number of rotatable bonds is 6. The van der Waals surface area contributed by atoms with Crippen LogP contribution in [-0.4, -0.2) is 120 Å². The summed E-state index contributed by atoms with van der Waals surface area (Å²) in [5.74, 6) is 5.17. The molecule has 3 heterocycles. The van der Waals surface area contributed by atoms with Crippen LogP contribution in [0.3, 0.4) is 0 Å². The number of pyridine rings is 1. The number of aromatic nitrogens is 1. The van der Waals surface area contributed by atoms with Gasteiger partial charge in [0.1, 0.15) is 17.8 Å².